The molecule has 0 radical (unpaired) electrons. The summed E-state index contributed by atoms with van der Waals surface area (Å²) < 4.78 is 0. The summed E-state index contributed by atoms with van der Waals surface area (Å²) in [5.41, 5.74) is 8.07. The van der Waals surface area contributed by atoms with Crippen LogP contribution in [0.25, 0.3) is 0 Å². The zero-order valence-electron chi connectivity index (χ0n) is 14.2. The Hall–Kier alpha value is -3.23. The van der Waals surface area contributed by atoms with Crippen molar-refractivity contribution in [1.82, 2.24) is 9.97 Å². The smallest absolute Gasteiger partial charge is 0.329 e. The van der Waals surface area contributed by atoms with Crippen LogP contribution < -0.4 is 16.4 Å². The van der Waals surface area contributed by atoms with Crippen molar-refractivity contribution in [2.24, 2.45) is 5.73 Å². The highest BCUT2D eigenvalue weighted by Gasteiger charge is 2.17. The van der Waals surface area contributed by atoms with E-state index in [4.69, 9.17) is 17.3 Å². The lowest BCUT2D eigenvalue weighted by molar-refractivity contribution is -0.384. The Bertz CT molecular complexity index is 932. The third kappa shape index (κ3) is 4.90. The third-order valence-corrected chi connectivity index (χ3v) is 4.04. The Labute approximate surface area is 160 Å². The highest BCUT2D eigenvalue weighted by molar-refractivity contribution is 6.30. The Kier molecular flexibility index (Phi) is 5.80. The molecule has 0 aliphatic carbocycles. The fraction of sp³-hybridized carbons (Fsp3) is 0.111. The average Bonchev–Trinajstić information content (AvgIpc) is 2.68. The largest absolute Gasteiger partial charge is 0.360 e. The predicted molar refractivity (Wildman–Crippen MR) is 105 cm³/mol. The maximum absolute atomic E-state index is 11.3. The lowest BCUT2D eigenvalue weighted by Gasteiger charge is -2.09. The predicted octanol–water partition coefficient (Wildman–Crippen LogP) is 3.85. The lowest BCUT2D eigenvalue weighted by Crippen LogP contribution is -2.08. The van der Waals surface area contributed by atoms with Gasteiger partial charge in [-0.15, -0.1) is 0 Å². The molecule has 1 heterocycles. The van der Waals surface area contributed by atoms with Crippen molar-refractivity contribution in [3.05, 3.63) is 81.0 Å². The number of nitrogens with two attached hydrogens (primary N) is 1. The van der Waals surface area contributed by atoms with E-state index in [1.807, 2.05) is 24.3 Å². The van der Waals surface area contributed by atoms with Crippen LogP contribution in [0.3, 0.4) is 0 Å². The molecule has 0 bridgehead atoms. The van der Waals surface area contributed by atoms with E-state index in [2.05, 4.69) is 20.6 Å². The molecule has 0 unspecified atom stereocenters. The second kappa shape index (κ2) is 8.43. The van der Waals surface area contributed by atoms with Crippen molar-refractivity contribution in [2.45, 2.75) is 13.1 Å². The minimum Gasteiger partial charge on any atom is -0.360 e. The van der Waals surface area contributed by atoms with Crippen LogP contribution in [-0.4, -0.2) is 14.9 Å². The first-order chi connectivity index (χ1) is 13.0. The summed E-state index contributed by atoms with van der Waals surface area (Å²) in [4.78, 5) is 19.0. The van der Waals surface area contributed by atoms with Crippen LogP contribution >= 0.6 is 11.6 Å². The minimum atomic E-state index is -0.522. The SMILES string of the molecule is NCc1ccc(CNc2nc(Nc3ccc(Cl)cc3)ncc2[N+](=O)[O-])cc1. The molecule has 0 saturated carbocycles. The molecule has 0 amide bonds. The molecule has 2 aromatic carbocycles. The van der Waals surface area contributed by atoms with Crippen molar-refractivity contribution in [1.29, 1.82) is 0 Å². The van der Waals surface area contributed by atoms with Crippen molar-refractivity contribution in [2.75, 3.05) is 10.6 Å². The van der Waals surface area contributed by atoms with Gasteiger partial charge in [-0.05, 0) is 35.4 Å². The third-order valence-electron chi connectivity index (χ3n) is 3.79. The molecule has 8 nitrogen and oxygen atoms in total. The summed E-state index contributed by atoms with van der Waals surface area (Å²) in [7, 11) is 0. The summed E-state index contributed by atoms with van der Waals surface area (Å²) in [5.74, 6) is 0.373. The molecule has 138 valence electrons. The molecule has 0 saturated heterocycles. The molecule has 0 aliphatic heterocycles. The van der Waals surface area contributed by atoms with Gasteiger partial charge in [0.25, 0.3) is 0 Å². The number of benzene rings is 2. The number of anilines is 3. The summed E-state index contributed by atoms with van der Waals surface area (Å²) in [6.07, 6.45) is 1.17. The van der Waals surface area contributed by atoms with Gasteiger partial charge in [-0.1, -0.05) is 35.9 Å². The van der Waals surface area contributed by atoms with Crippen LogP contribution in [-0.2, 0) is 13.1 Å². The number of rotatable bonds is 7. The van der Waals surface area contributed by atoms with E-state index >= 15 is 0 Å². The van der Waals surface area contributed by atoms with Crippen LogP contribution in [0.1, 0.15) is 11.1 Å². The quantitative estimate of drug-likeness (QED) is 0.418. The van der Waals surface area contributed by atoms with Gasteiger partial charge < -0.3 is 16.4 Å². The summed E-state index contributed by atoms with van der Waals surface area (Å²) >= 11 is 5.86. The first-order valence-corrected chi connectivity index (χ1v) is 8.49. The van der Waals surface area contributed by atoms with Gasteiger partial charge in [0, 0.05) is 23.8 Å². The molecule has 1 aromatic heterocycles. The molecule has 0 spiro atoms. The van der Waals surface area contributed by atoms with Crippen LogP contribution in [0.4, 0.5) is 23.1 Å². The van der Waals surface area contributed by atoms with E-state index < -0.39 is 4.92 Å². The number of halogens is 1. The molecular weight excluding hydrogens is 368 g/mol. The molecule has 4 N–H and O–H groups in total. The maximum atomic E-state index is 11.3. The molecule has 3 aromatic rings. The molecule has 0 aliphatic rings. The van der Waals surface area contributed by atoms with Crippen LogP contribution in [0.15, 0.2) is 54.7 Å². The van der Waals surface area contributed by atoms with Crippen LogP contribution in [0, 0.1) is 10.1 Å². The van der Waals surface area contributed by atoms with Gasteiger partial charge in [0.15, 0.2) is 0 Å². The first-order valence-electron chi connectivity index (χ1n) is 8.11. The highest BCUT2D eigenvalue weighted by Crippen LogP contribution is 2.24. The normalized spacial score (nSPS) is 10.4. The van der Waals surface area contributed by atoms with Crippen LogP contribution in [0.5, 0.6) is 0 Å². The van der Waals surface area contributed by atoms with Gasteiger partial charge in [-0.3, -0.25) is 10.1 Å². The summed E-state index contributed by atoms with van der Waals surface area (Å²) in [5, 5.41) is 17.9. The van der Waals surface area contributed by atoms with Gasteiger partial charge in [0.1, 0.15) is 6.20 Å². The van der Waals surface area contributed by atoms with Crippen molar-refractivity contribution >= 4 is 34.7 Å². The molecule has 0 atom stereocenters. The van der Waals surface area contributed by atoms with Crippen LogP contribution in [0.2, 0.25) is 5.02 Å². The number of nitrogens with zero attached hydrogens (tertiary/aromatic N) is 3. The molecule has 0 fully saturated rings. The lowest BCUT2D eigenvalue weighted by atomic mass is 10.1. The van der Waals surface area contributed by atoms with Crippen molar-refractivity contribution < 1.29 is 4.92 Å². The topological polar surface area (TPSA) is 119 Å². The number of nitrogens with one attached hydrogen (secondary N) is 2. The molecule has 9 heteroatoms. The highest BCUT2D eigenvalue weighted by atomic mass is 35.5. The molecule has 27 heavy (non-hydrogen) atoms. The Morgan fingerprint density at radius 1 is 1.07 bits per heavy atom. The standard InChI is InChI=1S/C18H17ClN6O2/c19-14-5-7-15(8-6-14)23-18-22-11-16(25(26)27)17(24-18)21-10-13-3-1-12(9-20)2-4-13/h1-8,11H,9-10,20H2,(H2,21,22,23,24). The second-order valence-electron chi connectivity index (χ2n) is 5.69. The molecular formula is C18H17ClN6O2. The van der Waals surface area contributed by atoms with Gasteiger partial charge in [0.2, 0.25) is 11.8 Å². The van der Waals surface area contributed by atoms with E-state index in [9.17, 15) is 10.1 Å². The fourth-order valence-corrected chi connectivity index (χ4v) is 2.47. The zero-order valence-corrected chi connectivity index (χ0v) is 15.0. The molecule has 3 rings (SSSR count). The fourth-order valence-electron chi connectivity index (χ4n) is 2.34. The number of hydrogen-bond donors (Lipinski definition) is 3. The van der Waals surface area contributed by atoms with Gasteiger partial charge in [0.05, 0.1) is 4.92 Å². The Morgan fingerprint density at radius 3 is 2.37 bits per heavy atom. The van der Waals surface area contributed by atoms with Crippen molar-refractivity contribution in [3.8, 4) is 0 Å². The van der Waals surface area contributed by atoms with E-state index in [-0.39, 0.29) is 17.5 Å². The monoisotopic (exact) mass is 384 g/mol. The average molecular weight is 385 g/mol. The van der Waals surface area contributed by atoms with E-state index in [0.717, 1.165) is 16.8 Å². The maximum Gasteiger partial charge on any atom is 0.329 e. The second-order valence-corrected chi connectivity index (χ2v) is 6.13. The summed E-state index contributed by atoms with van der Waals surface area (Å²) in [6.45, 7) is 0.841. The van der Waals surface area contributed by atoms with Gasteiger partial charge in [-0.25, -0.2) is 4.98 Å². The van der Waals surface area contributed by atoms with E-state index in [0.29, 0.717) is 18.1 Å². The number of hydrogen-bond acceptors (Lipinski definition) is 7. The van der Waals surface area contributed by atoms with Gasteiger partial charge >= 0.3 is 5.69 Å². The van der Waals surface area contributed by atoms with Crippen molar-refractivity contribution in [3.63, 3.8) is 0 Å². The van der Waals surface area contributed by atoms with E-state index in [1.54, 1.807) is 24.3 Å². The minimum absolute atomic E-state index is 0.134. The Balaban J connectivity index is 1.78. The zero-order chi connectivity index (χ0) is 19.2. The number of aromatic nitrogens is 2. The van der Waals surface area contributed by atoms with Gasteiger partial charge in [-0.2, -0.15) is 4.98 Å². The number of nitro groups is 1. The Morgan fingerprint density at radius 2 is 1.74 bits per heavy atom. The first kappa shape index (κ1) is 18.6. The summed E-state index contributed by atoms with van der Waals surface area (Å²) in [6, 6.07) is 14.6. The van der Waals surface area contributed by atoms with E-state index in [1.165, 1.54) is 6.20 Å².